The fourth-order valence-electron chi connectivity index (χ4n) is 2.25. The number of amides is 1. The van der Waals surface area contributed by atoms with Crippen LogP contribution in [0.5, 0.6) is 0 Å². The lowest BCUT2D eigenvalue weighted by molar-refractivity contribution is -0.125. The molecular formula is C13H26N2O2. The molecule has 0 bridgehead atoms. The summed E-state index contributed by atoms with van der Waals surface area (Å²) in [7, 11) is 0. The van der Waals surface area contributed by atoms with Crippen LogP contribution in [0.4, 0.5) is 0 Å². The summed E-state index contributed by atoms with van der Waals surface area (Å²) in [5, 5.41) is 2.88. The van der Waals surface area contributed by atoms with Crippen LogP contribution in [0.1, 0.15) is 39.5 Å². The molecule has 0 aromatic heterocycles. The van der Waals surface area contributed by atoms with Gasteiger partial charge in [0.05, 0.1) is 0 Å². The minimum atomic E-state index is -0.00135. The van der Waals surface area contributed by atoms with Crippen LogP contribution < -0.4 is 5.32 Å². The first kappa shape index (κ1) is 14.5. The van der Waals surface area contributed by atoms with Crippen LogP contribution in [0.15, 0.2) is 0 Å². The highest BCUT2D eigenvalue weighted by molar-refractivity contribution is 5.77. The second kappa shape index (κ2) is 8.48. The van der Waals surface area contributed by atoms with Crippen molar-refractivity contribution in [2.45, 2.75) is 45.6 Å². The summed E-state index contributed by atoms with van der Waals surface area (Å²) in [6, 6.07) is 0.711. The highest BCUT2D eigenvalue weighted by atomic mass is 16.5. The minimum Gasteiger partial charge on any atom is -0.372 e. The molecule has 1 saturated heterocycles. The molecule has 100 valence electrons. The second-order valence-corrected chi connectivity index (χ2v) is 4.72. The Hall–Kier alpha value is -0.610. The molecule has 1 fully saturated rings. The Balaban J connectivity index is 2.01. The third kappa shape index (κ3) is 6.03. The van der Waals surface area contributed by atoms with Gasteiger partial charge in [-0.25, -0.2) is 0 Å². The maximum atomic E-state index is 11.3. The number of nitrogens with zero attached hydrogens (tertiary/aromatic N) is 1. The quantitative estimate of drug-likeness (QED) is 0.686. The normalized spacial score (nSPS) is 21.4. The van der Waals surface area contributed by atoms with Crippen LogP contribution >= 0.6 is 0 Å². The van der Waals surface area contributed by atoms with Crippen molar-refractivity contribution in [3.05, 3.63) is 0 Å². The summed E-state index contributed by atoms with van der Waals surface area (Å²) in [4.78, 5) is 13.8. The molecule has 0 radical (unpaired) electrons. The molecule has 0 aromatic rings. The number of likely N-dealkylation sites (tertiary alicyclic amines) is 1. The molecule has 0 spiro atoms. The Morgan fingerprint density at radius 1 is 1.47 bits per heavy atom. The highest BCUT2D eigenvalue weighted by Gasteiger charge is 2.17. The molecule has 0 saturated carbocycles. The summed E-state index contributed by atoms with van der Waals surface area (Å²) < 4.78 is 5.04. The number of nitrogens with one attached hydrogen (secondary N) is 1. The predicted octanol–water partition coefficient (Wildman–Crippen LogP) is 1.40. The zero-order valence-electron chi connectivity index (χ0n) is 11.2. The number of ether oxygens (including phenoxy) is 1. The first-order chi connectivity index (χ1) is 8.24. The molecular weight excluding hydrogens is 216 g/mol. The number of hydrogen-bond donors (Lipinski definition) is 1. The average Bonchev–Trinajstić information content (AvgIpc) is 2.34. The third-order valence-electron chi connectivity index (χ3n) is 3.32. The van der Waals surface area contributed by atoms with E-state index in [1.54, 1.807) is 0 Å². The smallest absolute Gasteiger partial charge is 0.245 e. The van der Waals surface area contributed by atoms with E-state index in [9.17, 15) is 4.79 Å². The summed E-state index contributed by atoms with van der Waals surface area (Å²) in [6.07, 6.45) is 5.03. The van der Waals surface area contributed by atoms with Gasteiger partial charge in [-0.1, -0.05) is 6.42 Å². The maximum absolute atomic E-state index is 11.3. The number of piperidine rings is 1. The van der Waals surface area contributed by atoms with Crippen molar-refractivity contribution in [3.63, 3.8) is 0 Å². The number of carbonyl (C=O) groups is 1. The Morgan fingerprint density at radius 3 is 3.00 bits per heavy atom. The van der Waals surface area contributed by atoms with Gasteiger partial charge in [0.2, 0.25) is 5.91 Å². The first-order valence-electron chi connectivity index (χ1n) is 6.82. The van der Waals surface area contributed by atoms with Gasteiger partial charge in [0, 0.05) is 25.7 Å². The lowest BCUT2D eigenvalue weighted by Crippen LogP contribution is -2.39. The van der Waals surface area contributed by atoms with E-state index in [1.165, 1.54) is 25.8 Å². The molecule has 1 amide bonds. The molecule has 17 heavy (non-hydrogen) atoms. The topological polar surface area (TPSA) is 41.6 Å². The van der Waals surface area contributed by atoms with E-state index >= 15 is 0 Å². The number of hydrogen-bond acceptors (Lipinski definition) is 3. The van der Waals surface area contributed by atoms with Gasteiger partial charge in [-0.3, -0.25) is 4.79 Å². The van der Waals surface area contributed by atoms with Gasteiger partial charge in [-0.2, -0.15) is 0 Å². The van der Waals surface area contributed by atoms with Crippen LogP contribution in [0.25, 0.3) is 0 Å². The third-order valence-corrected chi connectivity index (χ3v) is 3.32. The predicted molar refractivity (Wildman–Crippen MR) is 69.0 cm³/mol. The molecule has 1 heterocycles. The van der Waals surface area contributed by atoms with E-state index in [2.05, 4.69) is 17.1 Å². The molecule has 1 unspecified atom stereocenters. The van der Waals surface area contributed by atoms with Gasteiger partial charge in [0.15, 0.2) is 0 Å². The SMILES string of the molecule is CCOCC(=O)NCCCN1CCCCC1C. The molecule has 1 aliphatic rings. The molecule has 1 atom stereocenters. The molecule has 0 aliphatic carbocycles. The molecule has 1 N–H and O–H groups in total. The lowest BCUT2D eigenvalue weighted by atomic mass is 10.0. The van der Waals surface area contributed by atoms with E-state index < -0.39 is 0 Å². The number of carbonyl (C=O) groups excluding carboxylic acids is 1. The van der Waals surface area contributed by atoms with Crippen molar-refractivity contribution in [2.75, 3.05) is 32.8 Å². The zero-order valence-corrected chi connectivity index (χ0v) is 11.2. The largest absolute Gasteiger partial charge is 0.372 e. The van der Waals surface area contributed by atoms with Gasteiger partial charge in [-0.05, 0) is 39.7 Å². The Kier molecular flexibility index (Phi) is 7.21. The Labute approximate surface area is 105 Å². The van der Waals surface area contributed by atoms with Crippen molar-refractivity contribution in [1.82, 2.24) is 10.2 Å². The van der Waals surface area contributed by atoms with E-state index in [0.29, 0.717) is 12.6 Å². The zero-order chi connectivity index (χ0) is 12.5. The summed E-state index contributed by atoms with van der Waals surface area (Å²) in [5.74, 6) is -0.00135. The summed E-state index contributed by atoms with van der Waals surface area (Å²) in [5.41, 5.74) is 0. The van der Waals surface area contributed by atoms with Crippen LogP contribution in [-0.2, 0) is 9.53 Å². The fourth-order valence-corrected chi connectivity index (χ4v) is 2.25. The maximum Gasteiger partial charge on any atom is 0.245 e. The molecule has 0 aromatic carbocycles. The molecule has 1 aliphatic heterocycles. The van der Waals surface area contributed by atoms with Crippen LogP contribution in [0.2, 0.25) is 0 Å². The average molecular weight is 242 g/mol. The van der Waals surface area contributed by atoms with Gasteiger partial charge in [-0.15, -0.1) is 0 Å². The van der Waals surface area contributed by atoms with Gasteiger partial charge < -0.3 is 15.0 Å². The van der Waals surface area contributed by atoms with Crippen LogP contribution in [0.3, 0.4) is 0 Å². The fraction of sp³-hybridized carbons (Fsp3) is 0.923. The van der Waals surface area contributed by atoms with Crippen LogP contribution in [-0.4, -0.2) is 49.7 Å². The van der Waals surface area contributed by atoms with Crippen molar-refractivity contribution >= 4 is 5.91 Å². The minimum absolute atomic E-state index is 0.00135. The Bertz CT molecular complexity index is 221. The van der Waals surface area contributed by atoms with Gasteiger partial charge >= 0.3 is 0 Å². The summed E-state index contributed by atoms with van der Waals surface area (Å²) in [6.45, 7) is 8.05. The van der Waals surface area contributed by atoms with Crippen molar-refractivity contribution < 1.29 is 9.53 Å². The van der Waals surface area contributed by atoms with Crippen molar-refractivity contribution in [2.24, 2.45) is 0 Å². The van der Waals surface area contributed by atoms with Gasteiger partial charge in [0.25, 0.3) is 0 Å². The van der Waals surface area contributed by atoms with Gasteiger partial charge in [0.1, 0.15) is 6.61 Å². The van der Waals surface area contributed by atoms with Crippen molar-refractivity contribution in [3.8, 4) is 0 Å². The number of rotatable bonds is 7. The molecule has 4 heteroatoms. The molecule has 1 rings (SSSR count). The standard InChI is InChI=1S/C13H26N2O2/c1-3-17-11-13(16)14-8-6-10-15-9-5-4-7-12(15)2/h12H,3-11H2,1-2H3,(H,14,16). The van der Waals surface area contributed by atoms with E-state index in [1.807, 2.05) is 6.92 Å². The second-order valence-electron chi connectivity index (χ2n) is 4.72. The first-order valence-corrected chi connectivity index (χ1v) is 6.82. The van der Waals surface area contributed by atoms with E-state index in [4.69, 9.17) is 4.74 Å². The van der Waals surface area contributed by atoms with E-state index in [-0.39, 0.29) is 12.5 Å². The highest BCUT2D eigenvalue weighted by Crippen LogP contribution is 2.15. The van der Waals surface area contributed by atoms with Crippen LogP contribution in [0, 0.1) is 0 Å². The summed E-state index contributed by atoms with van der Waals surface area (Å²) >= 11 is 0. The Morgan fingerprint density at radius 2 is 2.29 bits per heavy atom. The lowest BCUT2D eigenvalue weighted by Gasteiger charge is -2.33. The van der Waals surface area contributed by atoms with E-state index in [0.717, 1.165) is 19.5 Å². The monoisotopic (exact) mass is 242 g/mol. The molecule has 4 nitrogen and oxygen atoms in total. The van der Waals surface area contributed by atoms with Crippen molar-refractivity contribution in [1.29, 1.82) is 0 Å².